The molecule has 0 bridgehead atoms. The maximum atomic E-state index is 12.8. The van der Waals surface area contributed by atoms with Crippen LogP contribution in [-0.4, -0.2) is 65.3 Å². The first kappa shape index (κ1) is 32.9. The number of carbonyl (C=O) groups is 5. The number of rotatable bonds is 16. The minimum Gasteiger partial charge on any atom is -0.463 e. The molecule has 1 heterocycles. The van der Waals surface area contributed by atoms with E-state index in [2.05, 4.69) is 12.2 Å². The van der Waals surface area contributed by atoms with Crippen molar-refractivity contribution in [3.05, 3.63) is 0 Å². The third kappa shape index (κ3) is 13.8. The van der Waals surface area contributed by atoms with Gasteiger partial charge in [0, 0.05) is 34.1 Å². The maximum absolute atomic E-state index is 12.8. The maximum Gasteiger partial charge on any atom is 0.303 e. The first-order valence-electron chi connectivity index (χ1n) is 13.1. The second kappa shape index (κ2) is 18.2. The molecule has 10 nitrogen and oxygen atoms in total. The third-order valence-corrected chi connectivity index (χ3v) is 6.91. The predicted molar refractivity (Wildman–Crippen MR) is 138 cm³/mol. The van der Waals surface area contributed by atoms with E-state index in [1.165, 1.54) is 59.8 Å². The number of hydrogen-bond acceptors (Lipinski definition) is 10. The highest BCUT2D eigenvalue weighted by Gasteiger charge is 2.51. The van der Waals surface area contributed by atoms with E-state index in [4.69, 9.17) is 18.9 Å². The molecule has 0 aliphatic carbocycles. The van der Waals surface area contributed by atoms with Gasteiger partial charge in [0.05, 0.1) is 0 Å². The van der Waals surface area contributed by atoms with Gasteiger partial charge in [-0.1, -0.05) is 70.1 Å². The van der Waals surface area contributed by atoms with Gasteiger partial charge < -0.3 is 24.3 Å². The van der Waals surface area contributed by atoms with Gasteiger partial charge in [0.15, 0.2) is 17.3 Å². The van der Waals surface area contributed by atoms with Crippen LogP contribution in [0, 0.1) is 0 Å². The number of nitrogens with one attached hydrogen (secondary N) is 1. The normalized spacial score (nSPS) is 23.1. The highest BCUT2D eigenvalue weighted by atomic mass is 32.2. The Morgan fingerprint density at radius 3 is 1.81 bits per heavy atom. The van der Waals surface area contributed by atoms with Crippen LogP contribution in [0.25, 0.3) is 0 Å². The zero-order valence-corrected chi connectivity index (χ0v) is 23.6. The van der Waals surface area contributed by atoms with Gasteiger partial charge in [0.2, 0.25) is 5.91 Å². The molecular weight excluding hydrogens is 502 g/mol. The zero-order chi connectivity index (χ0) is 27.8. The predicted octanol–water partition coefficient (Wildman–Crippen LogP) is 3.82. The fourth-order valence-corrected chi connectivity index (χ4v) is 5.25. The average molecular weight is 546 g/mol. The van der Waals surface area contributed by atoms with Crippen LogP contribution >= 0.6 is 11.8 Å². The van der Waals surface area contributed by atoms with Crippen molar-refractivity contribution in [1.29, 1.82) is 0 Å². The summed E-state index contributed by atoms with van der Waals surface area (Å²) in [6, 6.07) is -0.976. The molecule has 1 aliphatic heterocycles. The standard InChI is InChI=1S/C26H43NO9S/c1-6-7-8-9-10-11-12-13-14-15-22(32)37-26-23(27-17(2)28)25(35-20(5)31)24(34-19(4)30)21(36-26)16-33-18(3)29/h21,23-26H,6-16H2,1-5H3,(H,27,28)/t21-,23-,24-,25-,26+/m1/s1. The molecule has 0 aromatic heterocycles. The van der Waals surface area contributed by atoms with Gasteiger partial charge in [-0.25, -0.2) is 0 Å². The molecule has 1 amide bonds. The lowest BCUT2D eigenvalue weighted by Crippen LogP contribution is -2.65. The van der Waals surface area contributed by atoms with Gasteiger partial charge >= 0.3 is 17.9 Å². The van der Waals surface area contributed by atoms with E-state index < -0.39 is 53.6 Å². The summed E-state index contributed by atoms with van der Waals surface area (Å²) in [6.45, 7) is 6.76. The van der Waals surface area contributed by atoms with Crippen molar-refractivity contribution in [3.63, 3.8) is 0 Å². The van der Waals surface area contributed by atoms with E-state index in [1.807, 2.05) is 0 Å². The van der Waals surface area contributed by atoms with Crippen LogP contribution in [0.4, 0.5) is 0 Å². The first-order valence-corrected chi connectivity index (χ1v) is 14.0. The molecular formula is C26H43NO9S. The quantitative estimate of drug-likeness (QED) is 0.173. The van der Waals surface area contributed by atoms with Crippen molar-refractivity contribution in [1.82, 2.24) is 5.32 Å². The van der Waals surface area contributed by atoms with Gasteiger partial charge in [-0.05, 0) is 6.42 Å². The van der Waals surface area contributed by atoms with E-state index in [0.717, 1.165) is 37.4 Å². The molecule has 5 atom stereocenters. The largest absolute Gasteiger partial charge is 0.463 e. The highest BCUT2D eigenvalue weighted by molar-refractivity contribution is 8.14. The Morgan fingerprint density at radius 2 is 1.30 bits per heavy atom. The molecule has 0 saturated carbocycles. The summed E-state index contributed by atoms with van der Waals surface area (Å²) < 4.78 is 21.9. The minimum absolute atomic E-state index is 0.137. The summed E-state index contributed by atoms with van der Waals surface area (Å²) in [5.41, 5.74) is -0.952. The van der Waals surface area contributed by atoms with E-state index in [1.54, 1.807) is 0 Å². The molecule has 0 aromatic rings. The molecule has 0 spiro atoms. The number of carbonyl (C=O) groups excluding carboxylic acids is 5. The number of hydrogen-bond donors (Lipinski definition) is 1. The lowest BCUT2D eigenvalue weighted by molar-refractivity contribution is -0.211. The Hall–Kier alpha value is -2.14. The van der Waals surface area contributed by atoms with Crippen LogP contribution < -0.4 is 5.32 Å². The number of amides is 1. The number of unbranched alkanes of at least 4 members (excludes halogenated alkanes) is 8. The van der Waals surface area contributed by atoms with Crippen molar-refractivity contribution < 1.29 is 42.9 Å². The highest BCUT2D eigenvalue weighted by Crippen LogP contribution is 2.33. The third-order valence-electron chi connectivity index (χ3n) is 5.80. The van der Waals surface area contributed by atoms with Gasteiger partial charge in [-0.15, -0.1) is 0 Å². The molecule has 1 saturated heterocycles. The molecule has 0 aromatic carbocycles. The second-order valence-electron chi connectivity index (χ2n) is 9.29. The molecule has 1 rings (SSSR count). The fraction of sp³-hybridized carbons (Fsp3) is 0.808. The van der Waals surface area contributed by atoms with Gasteiger partial charge in [-0.2, -0.15) is 0 Å². The van der Waals surface area contributed by atoms with Crippen LogP contribution in [0.15, 0.2) is 0 Å². The van der Waals surface area contributed by atoms with Crippen molar-refractivity contribution in [2.75, 3.05) is 6.61 Å². The molecule has 37 heavy (non-hydrogen) atoms. The summed E-state index contributed by atoms with van der Waals surface area (Å²) in [6.07, 6.45) is 7.13. The van der Waals surface area contributed by atoms with Crippen LogP contribution in [0.2, 0.25) is 0 Å². The van der Waals surface area contributed by atoms with Crippen molar-refractivity contribution in [2.45, 2.75) is 129 Å². The van der Waals surface area contributed by atoms with Gasteiger partial charge in [-0.3, -0.25) is 24.0 Å². The molecule has 0 unspecified atom stereocenters. The van der Waals surface area contributed by atoms with Gasteiger partial charge in [0.25, 0.3) is 0 Å². The topological polar surface area (TPSA) is 134 Å². The average Bonchev–Trinajstić information content (AvgIpc) is 2.79. The van der Waals surface area contributed by atoms with E-state index in [9.17, 15) is 24.0 Å². The minimum atomic E-state index is -1.16. The molecule has 212 valence electrons. The molecule has 1 aliphatic rings. The Labute approximate surface area is 224 Å². The summed E-state index contributed by atoms with van der Waals surface area (Å²) in [5, 5.41) is 2.54. The van der Waals surface area contributed by atoms with E-state index in [0.29, 0.717) is 6.42 Å². The Balaban J connectivity index is 2.87. The van der Waals surface area contributed by atoms with Crippen LogP contribution in [-0.2, 0) is 42.9 Å². The van der Waals surface area contributed by atoms with Crippen LogP contribution in [0.3, 0.4) is 0 Å². The van der Waals surface area contributed by atoms with Crippen LogP contribution in [0.5, 0.6) is 0 Å². The molecule has 11 heteroatoms. The van der Waals surface area contributed by atoms with Crippen molar-refractivity contribution in [3.8, 4) is 0 Å². The Bertz CT molecular complexity index is 760. The second-order valence-corrected chi connectivity index (χ2v) is 10.4. The van der Waals surface area contributed by atoms with Gasteiger partial charge in [0.1, 0.15) is 24.2 Å². The molecule has 1 fully saturated rings. The Kier molecular flexibility index (Phi) is 16.1. The number of ether oxygens (including phenoxy) is 4. The fourth-order valence-electron chi connectivity index (χ4n) is 4.16. The lowest BCUT2D eigenvalue weighted by atomic mass is 9.97. The summed E-state index contributed by atoms with van der Waals surface area (Å²) in [4.78, 5) is 59.9. The van der Waals surface area contributed by atoms with Crippen molar-refractivity contribution in [2.24, 2.45) is 0 Å². The molecule has 1 N–H and O–H groups in total. The molecule has 0 radical (unpaired) electrons. The Morgan fingerprint density at radius 1 is 0.757 bits per heavy atom. The summed E-state index contributed by atoms with van der Waals surface area (Å²) >= 11 is 0.890. The first-order chi connectivity index (χ1) is 17.5. The summed E-state index contributed by atoms with van der Waals surface area (Å²) in [7, 11) is 0. The lowest BCUT2D eigenvalue weighted by Gasteiger charge is -2.44. The zero-order valence-electron chi connectivity index (χ0n) is 22.7. The SMILES string of the molecule is CCCCCCCCCCCC(=O)S[C@@H]1O[C@H](COC(C)=O)[C@@H](OC(C)=O)[C@H](OC(C)=O)[C@H]1NC(C)=O. The number of esters is 3. The van der Waals surface area contributed by atoms with Crippen LogP contribution in [0.1, 0.15) is 98.8 Å². The van der Waals surface area contributed by atoms with Crippen molar-refractivity contribution >= 4 is 40.7 Å². The van der Waals surface area contributed by atoms with E-state index >= 15 is 0 Å². The monoisotopic (exact) mass is 545 g/mol. The number of thioether (sulfide) groups is 1. The smallest absolute Gasteiger partial charge is 0.303 e. The van der Waals surface area contributed by atoms with E-state index in [-0.39, 0.29) is 11.7 Å². The summed E-state index contributed by atoms with van der Waals surface area (Å²) in [5.74, 6) is -2.37.